The second-order valence-corrected chi connectivity index (χ2v) is 5.11. The number of nitrogens with one attached hydrogen (secondary N) is 1. The lowest BCUT2D eigenvalue weighted by atomic mass is 9.84. The molecule has 0 aliphatic carbocycles. The molecule has 2 aromatic carbocycles. The molecule has 17 heavy (non-hydrogen) atoms. The van der Waals surface area contributed by atoms with Gasteiger partial charge in [0.25, 0.3) is 0 Å². The predicted octanol–water partition coefficient (Wildman–Crippen LogP) is 3.55. The van der Waals surface area contributed by atoms with E-state index >= 15 is 0 Å². The highest BCUT2D eigenvalue weighted by atomic mass is 14.9. The van der Waals surface area contributed by atoms with Gasteiger partial charge in [0.1, 0.15) is 0 Å². The fourth-order valence-electron chi connectivity index (χ4n) is 3.01. The summed E-state index contributed by atoms with van der Waals surface area (Å²) in [6.45, 7) is 4.73. The molecule has 1 fully saturated rings. The van der Waals surface area contributed by atoms with E-state index in [1.807, 2.05) is 0 Å². The summed E-state index contributed by atoms with van der Waals surface area (Å²) < 4.78 is 0. The maximum absolute atomic E-state index is 3.47. The Morgan fingerprint density at radius 2 is 1.94 bits per heavy atom. The van der Waals surface area contributed by atoms with E-state index in [0.29, 0.717) is 5.92 Å². The maximum Gasteiger partial charge on any atom is -0.00143 e. The van der Waals surface area contributed by atoms with Gasteiger partial charge in [-0.05, 0) is 47.7 Å². The molecule has 1 N–H and O–H groups in total. The summed E-state index contributed by atoms with van der Waals surface area (Å²) in [6.07, 6.45) is 1.31. The lowest BCUT2D eigenvalue weighted by Crippen LogP contribution is -2.14. The molecule has 0 aromatic heterocycles. The number of hydrogen-bond acceptors (Lipinski definition) is 1. The summed E-state index contributed by atoms with van der Waals surface area (Å²) in [6, 6.07) is 15.4. The number of rotatable bonds is 2. The molecule has 0 amide bonds. The van der Waals surface area contributed by atoms with Gasteiger partial charge in [-0.3, -0.25) is 0 Å². The van der Waals surface area contributed by atoms with Gasteiger partial charge in [0.15, 0.2) is 0 Å². The molecule has 0 saturated carbocycles. The third kappa shape index (κ3) is 1.96. The van der Waals surface area contributed by atoms with Crippen molar-refractivity contribution in [3.05, 3.63) is 48.0 Å². The van der Waals surface area contributed by atoms with Crippen molar-refractivity contribution in [1.29, 1.82) is 0 Å². The van der Waals surface area contributed by atoms with Gasteiger partial charge in [0, 0.05) is 0 Å². The Morgan fingerprint density at radius 3 is 2.76 bits per heavy atom. The molecule has 0 radical (unpaired) electrons. The first-order valence-electron chi connectivity index (χ1n) is 6.54. The molecule has 1 aliphatic rings. The van der Waals surface area contributed by atoms with Crippen LogP contribution in [-0.2, 0) is 0 Å². The average Bonchev–Trinajstić information content (AvgIpc) is 2.91. The monoisotopic (exact) mass is 225 g/mol. The normalized spacial score (nSPS) is 21.8. The molecule has 88 valence electrons. The van der Waals surface area contributed by atoms with Crippen LogP contribution in [0.25, 0.3) is 10.8 Å². The lowest BCUT2D eigenvalue weighted by molar-refractivity contribution is 0.490. The average molecular weight is 225 g/mol. The van der Waals surface area contributed by atoms with E-state index in [4.69, 9.17) is 0 Å². The van der Waals surface area contributed by atoms with Gasteiger partial charge in [-0.15, -0.1) is 0 Å². The molecule has 2 aromatic rings. The van der Waals surface area contributed by atoms with E-state index < -0.39 is 0 Å². The Morgan fingerprint density at radius 1 is 1.12 bits per heavy atom. The molecule has 1 nitrogen and oxygen atoms in total. The summed E-state index contributed by atoms with van der Waals surface area (Å²) in [4.78, 5) is 0. The van der Waals surface area contributed by atoms with Crippen LogP contribution in [0.4, 0.5) is 0 Å². The molecular weight excluding hydrogens is 206 g/mol. The zero-order valence-electron chi connectivity index (χ0n) is 10.3. The quantitative estimate of drug-likeness (QED) is 0.824. The Labute approximate surface area is 103 Å². The Bertz CT molecular complexity index is 506. The van der Waals surface area contributed by atoms with E-state index in [2.05, 4.69) is 54.7 Å². The first-order valence-corrected chi connectivity index (χ1v) is 6.54. The van der Waals surface area contributed by atoms with Crippen LogP contribution in [-0.4, -0.2) is 13.1 Å². The van der Waals surface area contributed by atoms with Crippen LogP contribution in [0, 0.1) is 5.92 Å². The van der Waals surface area contributed by atoms with Crippen molar-refractivity contribution in [3.63, 3.8) is 0 Å². The van der Waals surface area contributed by atoms with Gasteiger partial charge >= 0.3 is 0 Å². The first-order chi connectivity index (χ1) is 8.36. The van der Waals surface area contributed by atoms with Crippen LogP contribution in [0.2, 0.25) is 0 Å². The highest BCUT2D eigenvalue weighted by Gasteiger charge is 2.23. The number of fused-ring (bicyclic) bond motifs is 1. The highest BCUT2D eigenvalue weighted by Crippen LogP contribution is 2.33. The smallest absolute Gasteiger partial charge is 0.00143 e. The van der Waals surface area contributed by atoms with Crippen LogP contribution >= 0.6 is 0 Å². The van der Waals surface area contributed by atoms with E-state index in [1.165, 1.54) is 35.8 Å². The minimum Gasteiger partial charge on any atom is -0.316 e. The fraction of sp³-hybridized carbons (Fsp3) is 0.375. The van der Waals surface area contributed by atoms with Crippen molar-refractivity contribution in [2.45, 2.75) is 19.3 Å². The molecule has 1 heterocycles. The summed E-state index contributed by atoms with van der Waals surface area (Å²) in [5, 5.41) is 6.26. The van der Waals surface area contributed by atoms with E-state index in [9.17, 15) is 0 Å². The van der Waals surface area contributed by atoms with E-state index in [-0.39, 0.29) is 0 Å². The van der Waals surface area contributed by atoms with Crippen molar-refractivity contribution >= 4 is 10.8 Å². The van der Waals surface area contributed by atoms with E-state index in [1.54, 1.807) is 0 Å². The Kier molecular flexibility index (Phi) is 2.86. The minimum absolute atomic E-state index is 0.649. The third-order valence-electron chi connectivity index (χ3n) is 4.12. The van der Waals surface area contributed by atoms with Crippen LogP contribution in [0.3, 0.4) is 0 Å². The molecule has 2 atom stereocenters. The second-order valence-electron chi connectivity index (χ2n) is 5.11. The van der Waals surface area contributed by atoms with Crippen LogP contribution in [0.5, 0.6) is 0 Å². The van der Waals surface area contributed by atoms with Crippen LogP contribution in [0.15, 0.2) is 42.5 Å². The molecule has 0 spiro atoms. The number of benzene rings is 2. The van der Waals surface area contributed by atoms with Gasteiger partial charge in [0.05, 0.1) is 0 Å². The SMILES string of the molecule is CC(c1cccc2ccccc12)C1CCNC1. The van der Waals surface area contributed by atoms with E-state index in [0.717, 1.165) is 5.92 Å². The molecule has 2 unspecified atom stereocenters. The van der Waals surface area contributed by atoms with Gasteiger partial charge in [-0.2, -0.15) is 0 Å². The fourth-order valence-corrected chi connectivity index (χ4v) is 3.01. The molecular formula is C16H19N. The zero-order chi connectivity index (χ0) is 11.7. The van der Waals surface area contributed by atoms with Crippen molar-refractivity contribution in [1.82, 2.24) is 5.32 Å². The Balaban J connectivity index is 2.04. The van der Waals surface area contributed by atoms with Gasteiger partial charge < -0.3 is 5.32 Å². The molecule has 3 rings (SSSR count). The van der Waals surface area contributed by atoms with Crippen molar-refractivity contribution < 1.29 is 0 Å². The summed E-state index contributed by atoms with van der Waals surface area (Å²) in [7, 11) is 0. The minimum atomic E-state index is 0.649. The molecule has 1 saturated heterocycles. The van der Waals surface area contributed by atoms with Crippen LogP contribution < -0.4 is 5.32 Å². The topological polar surface area (TPSA) is 12.0 Å². The number of hydrogen-bond donors (Lipinski definition) is 1. The molecule has 0 bridgehead atoms. The van der Waals surface area contributed by atoms with Gasteiger partial charge in [-0.1, -0.05) is 49.4 Å². The molecule has 1 heteroatoms. The van der Waals surface area contributed by atoms with Crippen molar-refractivity contribution in [2.24, 2.45) is 5.92 Å². The summed E-state index contributed by atoms with van der Waals surface area (Å²) in [5.41, 5.74) is 1.51. The summed E-state index contributed by atoms with van der Waals surface area (Å²) in [5.74, 6) is 1.44. The largest absolute Gasteiger partial charge is 0.316 e. The molecule has 1 aliphatic heterocycles. The van der Waals surface area contributed by atoms with Gasteiger partial charge in [0.2, 0.25) is 0 Å². The van der Waals surface area contributed by atoms with Gasteiger partial charge in [-0.25, -0.2) is 0 Å². The van der Waals surface area contributed by atoms with Crippen molar-refractivity contribution in [3.8, 4) is 0 Å². The zero-order valence-corrected chi connectivity index (χ0v) is 10.3. The predicted molar refractivity (Wildman–Crippen MR) is 73.3 cm³/mol. The maximum atomic E-state index is 3.47. The third-order valence-corrected chi connectivity index (χ3v) is 4.12. The Hall–Kier alpha value is -1.34. The lowest BCUT2D eigenvalue weighted by Gasteiger charge is -2.20. The summed E-state index contributed by atoms with van der Waals surface area (Å²) >= 11 is 0. The highest BCUT2D eigenvalue weighted by molar-refractivity contribution is 5.86. The first kappa shape index (κ1) is 10.8. The second kappa shape index (κ2) is 4.50. The van der Waals surface area contributed by atoms with Crippen LogP contribution in [0.1, 0.15) is 24.8 Å². The standard InChI is InChI=1S/C16H19N/c1-12(14-9-10-17-11-14)15-8-4-6-13-5-2-3-7-16(13)15/h2-8,12,14,17H,9-11H2,1H3. The van der Waals surface area contributed by atoms with Crippen molar-refractivity contribution in [2.75, 3.05) is 13.1 Å².